The quantitative estimate of drug-likeness (QED) is 0.0233. The molecule has 1 amide bonds. The number of nitrogens with one attached hydrogen (secondary N) is 2. The molecule has 54 heavy (non-hydrogen) atoms. The number of benzene rings is 2. The summed E-state index contributed by atoms with van der Waals surface area (Å²) in [5.41, 5.74) is 8.22. The van der Waals surface area contributed by atoms with Crippen LogP contribution < -0.4 is 20.9 Å². The van der Waals surface area contributed by atoms with Crippen LogP contribution in [0.2, 0.25) is 0 Å². The molecule has 2 rings (SSSR count). The summed E-state index contributed by atoms with van der Waals surface area (Å²) in [7, 11) is -4.71. The van der Waals surface area contributed by atoms with Crippen molar-refractivity contribution < 1.29 is 38.4 Å². The lowest BCUT2D eigenvalue weighted by Gasteiger charge is -2.20. The number of rotatable bonds is 33. The Hall–Kier alpha value is -3.08. The average molecular weight is 774 g/mol. The van der Waals surface area contributed by atoms with E-state index in [-0.39, 0.29) is 49.5 Å². The molecule has 0 saturated carbocycles. The van der Waals surface area contributed by atoms with Gasteiger partial charge in [-0.15, -0.1) is 0 Å². The minimum Gasteiger partial charge on any atom is -0.481 e. The van der Waals surface area contributed by atoms with Gasteiger partial charge in [0.05, 0.1) is 0 Å². The molecule has 2 aromatic rings. The predicted molar refractivity (Wildman–Crippen MR) is 215 cm³/mol. The summed E-state index contributed by atoms with van der Waals surface area (Å²) in [4.78, 5) is 56.1. The van der Waals surface area contributed by atoms with Crippen molar-refractivity contribution in [2.75, 3.05) is 13.1 Å². The second-order valence-corrected chi connectivity index (χ2v) is 15.8. The normalized spacial score (nSPS) is 13.3. The molecular weight excluding hydrogens is 705 g/mol. The Kier molecular flexibility index (Phi) is 24.7. The second-order valence-electron chi connectivity index (χ2n) is 14.6. The van der Waals surface area contributed by atoms with Gasteiger partial charge in [-0.3, -0.25) is 24.2 Å². The zero-order valence-corrected chi connectivity index (χ0v) is 33.5. The molecule has 2 aromatic carbocycles. The highest BCUT2D eigenvalue weighted by molar-refractivity contribution is 7.46. The minimum atomic E-state index is -4.71. The highest BCUT2D eigenvalue weighted by Gasteiger charge is 2.26. The van der Waals surface area contributed by atoms with Crippen LogP contribution in [-0.2, 0) is 25.4 Å². The number of phosphoric ester groups is 1. The predicted octanol–water partition coefficient (Wildman–Crippen LogP) is 8.57. The van der Waals surface area contributed by atoms with Crippen molar-refractivity contribution in [3.63, 3.8) is 0 Å². The van der Waals surface area contributed by atoms with Gasteiger partial charge in [0, 0.05) is 31.5 Å². The van der Waals surface area contributed by atoms with E-state index < -0.39 is 25.5 Å². The standard InChI is InChI=1S/C42H68N3O8P/c1-2-3-4-5-6-7-8-9-10-11-12-13-14-18-31-44-39(35-24-27-37(28-25-35)53-54(50,51)52)33-41(47)45-32-30-40(46)38(42(48)49)29-26-36(43)23-19-22-34-20-16-15-17-21-34/h15-17,20-21,24-25,27-28,36,38-39,44H,2-14,18-19,22-23,26,29-33,43H2,1H3,(H,45,47)(H,48,49)(H2,50,51,52). The van der Waals surface area contributed by atoms with Crippen LogP contribution in [0.1, 0.15) is 153 Å². The third-order valence-corrected chi connectivity index (χ3v) is 10.4. The molecule has 0 aliphatic heterocycles. The summed E-state index contributed by atoms with van der Waals surface area (Å²) in [6.45, 7) is 2.95. The lowest BCUT2D eigenvalue weighted by atomic mass is 9.92. The van der Waals surface area contributed by atoms with Crippen molar-refractivity contribution in [3.8, 4) is 5.75 Å². The van der Waals surface area contributed by atoms with Crippen molar-refractivity contribution in [3.05, 3.63) is 65.7 Å². The van der Waals surface area contributed by atoms with Gasteiger partial charge in [0.2, 0.25) is 5.91 Å². The first-order chi connectivity index (χ1) is 26.0. The van der Waals surface area contributed by atoms with Crippen LogP contribution in [0.4, 0.5) is 0 Å². The number of ketones is 1. The molecule has 12 heteroatoms. The fourth-order valence-corrected chi connectivity index (χ4v) is 7.12. The van der Waals surface area contributed by atoms with Crippen LogP contribution >= 0.6 is 7.82 Å². The van der Waals surface area contributed by atoms with Crippen molar-refractivity contribution in [2.24, 2.45) is 11.7 Å². The molecule has 0 spiro atoms. The number of carboxylic acid groups (broad SMARTS) is 1. The number of unbranched alkanes of at least 4 members (excludes halogenated alkanes) is 13. The van der Waals surface area contributed by atoms with Crippen molar-refractivity contribution >= 4 is 25.5 Å². The molecule has 11 nitrogen and oxygen atoms in total. The number of Topliss-reactive ketones (excluding diaryl/α,β-unsaturated/α-hetero) is 1. The molecule has 7 N–H and O–H groups in total. The molecule has 0 radical (unpaired) electrons. The van der Waals surface area contributed by atoms with E-state index >= 15 is 0 Å². The van der Waals surface area contributed by atoms with Gasteiger partial charge in [0.25, 0.3) is 0 Å². The van der Waals surface area contributed by atoms with Crippen LogP contribution in [0.3, 0.4) is 0 Å². The van der Waals surface area contributed by atoms with Crippen LogP contribution in [0.15, 0.2) is 54.6 Å². The van der Waals surface area contributed by atoms with Gasteiger partial charge < -0.3 is 26.0 Å². The van der Waals surface area contributed by atoms with Gasteiger partial charge in [-0.05, 0) is 68.3 Å². The van der Waals surface area contributed by atoms with Crippen molar-refractivity contribution in [1.82, 2.24) is 10.6 Å². The Balaban J connectivity index is 1.76. The Morgan fingerprint density at radius 3 is 1.87 bits per heavy atom. The minimum absolute atomic E-state index is 0.0156. The summed E-state index contributed by atoms with van der Waals surface area (Å²) < 4.78 is 15.9. The van der Waals surface area contributed by atoms with Crippen LogP contribution in [0, 0.1) is 5.92 Å². The fourth-order valence-electron chi connectivity index (χ4n) is 6.72. The number of carbonyl (C=O) groups is 3. The monoisotopic (exact) mass is 773 g/mol. The summed E-state index contributed by atoms with van der Waals surface area (Å²) in [5, 5.41) is 16.0. The fraction of sp³-hybridized carbons (Fsp3) is 0.643. The third kappa shape index (κ3) is 23.0. The van der Waals surface area contributed by atoms with E-state index in [9.17, 15) is 24.1 Å². The zero-order chi connectivity index (χ0) is 39.4. The lowest BCUT2D eigenvalue weighted by molar-refractivity contribution is -0.146. The van der Waals surface area contributed by atoms with Gasteiger partial charge in [-0.2, -0.15) is 0 Å². The second kappa shape index (κ2) is 28.3. The largest absolute Gasteiger partial charge is 0.524 e. The van der Waals surface area contributed by atoms with E-state index in [0.717, 1.165) is 44.1 Å². The van der Waals surface area contributed by atoms with Gasteiger partial charge in [-0.1, -0.05) is 133 Å². The molecule has 0 aliphatic rings. The number of amides is 1. The Morgan fingerprint density at radius 2 is 1.31 bits per heavy atom. The maximum Gasteiger partial charge on any atom is 0.524 e. The van der Waals surface area contributed by atoms with Crippen molar-refractivity contribution in [2.45, 2.75) is 154 Å². The first-order valence-electron chi connectivity index (χ1n) is 20.4. The van der Waals surface area contributed by atoms with E-state index in [1.54, 1.807) is 12.1 Å². The topological polar surface area (TPSA) is 188 Å². The number of nitrogens with two attached hydrogens (primary N) is 1. The maximum absolute atomic E-state index is 13.0. The average Bonchev–Trinajstić information content (AvgIpc) is 3.13. The van der Waals surface area contributed by atoms with Gasteiger partial charge in [0.1, 0.15) is 17.5 Å². The number of phosphoric acid groups is 1. The summed E-state index contributed by atoms with van der Waals surface area (Å²) in [6, 6.07) is 15.7. The molecule has 0 aromatic heterocycles. The van der Waals surface area contributed by atoms with Gasteiger partial charge >= 0.3 is 13.8 Å². The molecular formula is C42H68N3O8P. The molecule has 0 heterocycles. The molecule has 0 bridgehead atoms. The Morgan fingerprint density at radius 1 is 0.741 bits per heavy atom. The van der Waals surface area contributed by atoms with E-state index in [2.05, 4.69) is 34.2 Å². The number of aryl methyl sites for hydroxylation is 1. The maximum atomic E-state index is 13.0. The number of aliphatic carboxylic acids is 1. The van der Waals surface area contributed by atoms with Crippen molar-refractivity contribution in [1.29, 1.82) is 0 Å². The van der Waals surface area contributed by atoms with E-state index in [0.29, 0.717) is 13.0 Å². The Labute approximate surface area is 323 Å². The number of carboxylic acids is 1. The summed E-state index contributed by atoms with van der Waals surface area (Å²) in [6.07, 6.45) is 20.7. The molecule has 0 saturated heterocycles. The highest BCUT2D eigenvalue weighted by Crippen LogP contribution is 2.37. The molecule has 0 fully saturated rings. The lowest BCUT2D eigenvalue weighted by Crippen LogP contribution is -2.34. The summed E-state index contributed by atoms with van der Waals surface area (Å²) in [5.74, 6) is -3.07. The first-order valence-corrected chi connectivity index (χ1v) is 21.9. The number of hydrogen-bond acceptors (Lipinski definition) is 7. The molecule has 304 valence electrons. The number of carbonyl (C=O) groups excluding carboxylic acids is 2. The SMILES string of the molecule is CCCCCCCCCCCCCCCCNC(CC(=O)NCCC(=O)C(CCC(N)CCCc1ccccc1)C(=O)O)c1ccc(OP(=O)(O)O)cc1. The zero-order valence-electron chi connectivity index (χ0n) is 32.6. The Bertz CT molecular complexity index is 1360. The molecule has 0 aliphatic carbocycles. The van der Waals surface area contributed by atoms with E-state index in [1.165, 1.54) is 88.3 Å². The van der Waals surface area contributed by atoms with Gasteiger partial charge in [0.15, 0.2) is 0 Å². The molecule has 3 unspecified atom stereocenters. The van der Waals surface area contributed by atoms with Gasteiger partial charge in [-0.25, -0.2) is 4.57 Å². The van der Waals surface area contributed by atoms with Crippen LogP contribution in [-0.4, -0.2) is 51.7 Å². The van der Waals surface area contributed by atoms with E-state index in [4.69, 9.17) is 15.5 Å². The smallest absolute Gasteiger partial charge is 0.481 e. The first kappa shape index (κ1) is 47.1. The number of hydrogen-bond donors (Lipinski definition) is 6. The van der Waals surface area contributed by atoms with Crippen LogP contribution in [0.25, 0.3) is 0 Å². The highest BCUT2D eigenvalue weighted by atomic mass is 31.2. The van der Waals surface area contributed by atoms with E-state index in [1.807, 2.05) is 18.2 Å². The summed E-state index contributed by atoms with van der Waals surface area (Å²) >= 11 is 0. The molecule has 3 atom stereocenters. The van der Waals surface area contributed by atoms with Crippen LogP contribution in [0.5, 0.6) is 5.75 Å². The third-order valence-electron chi connectivity index (χ3n) is 9.91.